The van der Waals surface area contributed by atoms with Crippen LogP contribution in [0, 0.1) is 5.92 Å². The van der Waals surface area contributed by atoms with Crippen molar-refractivity contribution in [3.63, 3.8) is 0 Å². The molecule has 5 nitrogen and oxygen atoms in total. The minimum Gasteiger partial charge on any atom is -0.341 e. The number of benzene rings is 2. The topological polar surface area (TPSA) is 62.3 Å². The first-order chi connectivity index (χ1) is 15.4. The van der Waals surface area contributed by atoms with Crippen LogP contribution in [0.1, 0.15) is 48.5 Å². The number of hydrogen-bond donors (Lipinski definition) is 1. The number of nitrogens with one attached hydrogen (secondary N) is 1. The van der Waals surface area contributed by atoms with E-state index >= 15 is 0 Å². The van der Waals surface area contributed by atoms with Gasteiger partial charge in [-0.3, -0.25) is 14.6 Å². The average Bonchev–Trinajstić information content (AvgIpc) is 2.82. The molecule has 1 aliphatic heterocycles. The fourth-order valence-electron chi connectivity index (χ4n) is 4.39. The molecule has 0 bridgehead atoms. The van der Waals surface area contributed by atoms with Gasteiger partial charge in [-0.15, -0.1) is 0 Å². The third-order valence-corrected chi connectivity index (χ3v) is 6.51. The SMILES string of the molecule is CC(C)C(NC(=O)c1ccnc2ccccc12)C(=O)N1CCC(c2ccc(Cl)cc2)CC1. The lowest BCUT2D eigenvalue weighted by Gasteiger charge is -2.35. The molecule has 0 aliphatic carbocycles. The van der Waals surface area contributed by atoms with Gasteiger partial charge >= 0.3 is 0 Å². The van der Waals surface area contributed by atoms with E-state index in [1.807, 2.05) is 55.1 Å². The molecule has 1 saturated heterocycles. The van der Waals surface area contributed by atoms with Crippen LogP contribution >= 0.6 is 11.6 Å². The number of carbonyl (C=O) groups is 2. The van der Waals surface area contributed by atoms with Crippen molar-refractivity contribution in [2.45, 2.75) is 38.6 Å². The van der Waals surface area contributed by atoms with Gasteiger partial charge in [-0.1, -0.05) is 55.8 Å². The summed E-state index contributed by atoms with van der Waals surface area (Å²) in [4.78, 5) is 32.7. The predicted octanol–water partition coefficient (Wildman–Crippen LogP) is 5.05. The van der Waals surface area contributed by atoms with Crippen molar-refractivity contribution in [2.24, 2.45) is 5.92 Å². The molecule has 32 heavy (non-hydrogen) atoms. The molecule has 0 saturated carbocycles. The maximum atomic E-state index is 13.3. The predicted molar refractivity (Wildman–Crippen MR) is 128 cm³/mol. The zero-order valence-corrected chi connectivity index (χ0v) is 19.2. The lowest BCUT2D eigenvalue weighted by atomic mass is 9.89. The minimum absolute atomic E-state index is 0.0127. The molecular formula is C26H28ClN3O2. The van der Waals surface area contributed by atoms with E-state index in [2.05, 4.69) is 22.4 Å². The van der Waals surface area contributed by atoms with Gasteiger partial charge < -0.3 is 10.2 Å². The van der Waals surface area contributed by atoms with E-state index < -0.39 is 6.04 Å². The smallest absolute Gasteiger partial charge is 0.252 e. The van der Waals surface area contributed by atoms with Crippen molar-refractivity contribution in [3.05, 3.63) is 76.9 Å². The van der Waals surface area contributed by atoms with Crippen molar-refractivity contribution in [1.82, 2.24) is 15.2 Å². The van der Waals surface area contributed by atoms with Gasteiger partial charge in [0.25, 0.3) is 5.91 Å². The fourth-order valence-corrected chi connectivity index (χ4v) is 4.52. The number of pyridine rings is 1. The Bertz CT molecular complexity index is 1100. The Hall–Kier alpha value is -2.92. The van der Waals surface area contributed by atoms with Crippen LogP contribution in [0.4, 0.5) is 0 Å². The highest BCUT2D eigenvalue weighted by molar-refractivity contribution is 6.30. The third kappa shape index (κ3) is 4.78. The van der Waals surface area contributed by atoms with Crippen LogP contribution in [-0.2, 0) is 4.79 Å². The Labute approximate surface area is 193 Å². The second-order valence-electron chi connectivity index (χ2n) is 8.72. The highest BCUT2D eigenvalue weighted by atomic mass is 35.5. The van der Waals surface area contributed by atoms with E-state index in [-0.39, 0.29) is 17.7 Å². The Morgan fingerprint density at radius 1 is 1.03 bits per heavy atom. The maximum Gasteiger partial charge on any atom is 0.252 e. The molecule has 2 heterocycles. The number of fused-ring (bicyclic) bond motifs is 1. The molecule has 1 fully saturated rings. The molecular weight excluding hydrogens is 422 g/mol. The van der Waals surface area contributed by atoms with Crippen molar-refractivity contribution >= 4 is 34.3 Å². The van der Waals surface area contributed by atoms with Gasteiger partial charge in [-0.05, 0) is 54.5 Å². The number of para-hydroxylation sites is 1. The quantitative estimate of drug-likeness (QED) is 0.593. The summed E-state index contributed by atoms with van der Waals surface area (Å²) in [5.41, 5.74) is 2.56. The maximum absolute atomic E-state index is 13.3. The van der Waals surface area contributed by atoms with Crippen LogP contribution in [0.25, 0.3) is 10.9 Å². The molecule has 1 aromatic heterocycles. The van der Waals surface area contributed by atoms with Crippen molar-refractivity contribution in [2.75, 3.05) is 13.1 Å². The Morgan fingerprint density at radius 2 is 1.72 bits per heavy atom. The molecule has 1 atom stereocenters. The number of rotatable bonds is 5. The largest absolute Gasteiger partial charge is 0.341 e. The van der Waals surface area contributed by atoms with Gasteiger partial charge in [-0.25, -0.2) is 0 Å². The molecule has 3 aromatic rings. The van der Waals surface area contributed by atoms with Gasteiger partial charge in [0, 0.05) is 29.7 Å². The van der Waals surface area contributed by atoms with Crippen LogP contribution in [0.15, 0.2) is 60.8 Å². The third-order valence-electron chi connectivity index (χ3n) is 6.26. The lowest BCUT2D eigenvalue weighted by Crippen LogP contribution is -2.52. The second-order valence-corrected chi connectivity index (χ2v) is 9.16. The summed E-state index contributed by atoms with van der Waals surface area (Å²) in [6.45, 7) is 5.30. The zero-order chi connectivity index (χ0) is 22.7. The van der Waals surface area contributed by atoms with Gasteiger partial charge in [0.1, 0.15) is 6.04 Å². The van der Waals surface area contributed by atoms with Crippen molar-refractivity contribution in [3.8, 4) is 0 Å². The summed E-state index contributed by atoms with van der Waals surface area (Å²) >= 11 is 6.01. The van der Waals surface area contributed by atoms with Gasteiger partial charge in [0.15, 0.2) is 0 Å². The first-order valence-corrected chi connectivity index (χ1v) is 11.5. The second kappa shape index (κ2) is 9.70. The zero-order valence-electron chi connectivity index (χ0n) is 18.4. The number of aromatic nitrogens is 1. The van der Waals surface area contributed by atoms with E-state index in [0.717, 1.165) is 28.8 Å². The summed E-state index contributed by atoms with van der Waals surface area (Å²) in [5.74, 6) is 0.146. The van der Waals surface area contributed by atoms with Gasteiger partial charge in [-0.2, -0.15) is 0 Å². The Morgan fingerprint density at radius 3 is 2.41 bits per heavy atom. The standard InChI is InChI=1S/C26H28ClN3O2/c1-17(2)24(29-25(31)22-11-14-28-23-6-4-3-5-21(22)23)26(32)30-15-12-19(13-16-30)18-7-9-20(27)10-8-18/h3-11,14,17,19,24H,12-13,15-16H2,1-2H3,(H,29,31). The summed E-state index contributed by atoms with van der Waals surface area (Å²) in [5, 5.41) is 4.52. The van der Waals surface area contributed by atoms with Gasteiger partial charge in [0.05, 0.1) is 11.1 Å². The Kier molecular flexibility index (Phi) is 6.75. The molecule has 0 radical (unpaired) electrons. The number of nitrogens with zero attached hydrogens (tertiary/aromatic N) is 2. The molecule has 166 valence electrons. The van der Waals surface area contributed by atoms with E-state index in [0.29, 0.717) is 24.6 Å². The molecule has 0 spiro atoms. The van der Waals surface area contributed by atoms with Crippen molar-refractivity contribution in [1.29, 1.82) is 0 Å². The van der Waals surface area contributed by atoms with E-state index in [1.165, 1.54) is 5.56 Å². The van der Waals surface area contributed by atoms with Crippen LogP contribution in [0.3, 0.4) is 0 Å². The molecule has 6 heteroatoms. The van der Waals surface area contributed by atoms with Crippen LogP contribution in [0.5, 0.6) is 0 Å². The molecule has 1 unspecified atom stereocenters. The lowest BCUT2D eigenvalue weighted by molar-refractivity contribution is -0.135. The first-order valence-electron chi connectivity index (χ1n) is 11.1. The summed E-state index contributed by atoms with van der Waals surface area (Å²) < 4.78 is 0. The van der Waals surface area contributed by atoms with E-state index in [9.17, 15) is 9.59 Å². The molecule has 2 amide bonds. The van der Waals surface area contributed by atoms with Crippen LogP contribution < -0.4 is 5.32 Å². The number of likely N-dealkylation sites (tertiary alicyclic amines) is 1. The monoisotopic (exact) mass is 449 g/mol. The fraction of sp³-hybridized carbons (Fsp3) is 0.346. The van der Waals surface area contributed by atoms with Crippen LogP contribution in [0.2, 0.25) is 5.02 Å². The molecule has 2 aromatic carbocycles. The number of amides is 2. The minimum atomic E-state index is -0.568. The molecule has 1 N–H and O–H groups in total. The molecule has 1 aliphatic rings. The Balaban J connectivity index is 1.44. The number of hydrogen-bond acceptors (Lipinski definition) is 3. The summed E-state index contributed by atoms with van der Waals surface area (Å²) in [6.07, 6.45) is 3.44. The van der Waals surface area contributed by atoms with E-state index in [1.54, 1.807) is 12.3 Å². The number of carbonyl (C=O) groups excluding carboxylic acids is 2. The first kappa shape index (κ1) is 22.3. The average molecular weight is 450 g/mol. The highest BCUT2D eigenvalue weighted by Gasteiger charge is 2.32. The highest BCUT2D eigenvalue weighted by Crippen LogP contribution is 2.29. The van der Waals surface area contributed by atoms with E-state index in [4.69, 9.17) is 11.6 Å². The number of piperidine rings is 1. The summed E-state index contributed by atoms with van der Waals surface area (Å²) in [7, 11) is 0. The van der Waals surface area contributed by atoms with Crippen molar-refractivity contribution < 1.29 is 9.59 Å². The van der Waals surface area contributed by atoms with Crippen LogP contribution in [-0.4, -0.2) is 40.8 Å². The molecule has 4 rings (SSSR count). The normalized spacial score (nSPS) is 15.7. The number of halogens is 1. The van der Waals surface area contributed by atoms with Gasteiger partial charge in [0.2, 0.25) is 5.91 Å². The summed E-state index contributed by atoms with van der Waals surface area (Å²) in [6, 6.07) is 16.7.